The quantitative estimate of drug-likeness (QED) is 0.374. The van der Waals surface area contributed by atoms with E-state index in [1.165, 1.54) is 12.1 Å². The summed E-state index contributed by atoms with van der Waals surface area (Å²) in [6.45, 7) is 3.41. The van der Waals surface area contributed by atoms with Gasteiger partial charge in [-0.25, -0.2) is 0 Å². The lowest BCUT2D eigenvalue weighted by atomic mass is 10.3. The van der Waals surface area contributed by atoms with Crippen LogP contribution < -0.4 is 10.1 Å². The highest BCUT2D eigenvalue weighted by molar-refractivity contribution is 5.35. The van der Waals surface area contributed by atoms with Crippen LogP contribution in [0.1, 0.15) is 0 Å². The largest absolute Gasteiger partial charge is 0.491 e. The molecule has 7 nitrogen and oxygen atoms in total. The maximum Gasteiger partial charge on any atom is 0.269 e. The molecule has 1 aromatic carbocycles. The van der Waals surface area contributed by atoms with Gasteiger partial charge in [-0.15, -0.1) is 0 Å². The predicted octanol–water partition coefficient (Wildman–Crippen LogP) is 1.23. The van der Waals surface area contributed by atoms with Gasteiger partial charge in [0.25, 0.3) is 5.69 Å². The van der Waals surface area contributed by atoms with E-state index >= 15 is 0 Å². The van der Waals surface area contributed by atoms with E-state index < -0.39 is 4.92 Å². The van der Waals surface area contributed by atoms with Gasteiger partial charge in [-0.05, 0) is 19.2 Å². The van der Waals surface area contributed by atoms with E-state index in [-0.39, 0.29) is 5.69 Å². The van der Waals surface area contributed by atoms with Gasteiger partial charge in [-0.3, -0.25) is 10.1 Å². The molecule has 0 unspecified atom stereocenters. The molecule has 0 fully saturated rings. The fourth-order valence-electron chi connectivity index (χ4n) is 1.38. The van der Waals surface area contributed by atoms with Crippen molar-refractivity contribution in [1.29, 1.82) is 0 Å². The Labute approximate surface area is 118 Å². The van der Waals surface area contributed by atoms with Crippen molar-refractivity contribution in [1.82, 2.24) is 5.32 Å². The van der Waals surface area contributed by atoms with Crippen LogP contribution in [0.15, 0.2) is 24.3 Å². The zero-order valence-corrected chi connectivity index (χ0v) is 11.5. The lowest BCUT2D eigenvalue weighted by molar-refractivity contribution is -0.384. The Balaban J connectivity index is 2.02. The smallest absolute Gasteiger partial charge is 0.269 e. The van der Waals surface area contributed by atoms with Crippen LogP contribution in [0.25, 0.3) is 0 Å². The number of hydrogen-bond acceptors (Lipinski definition) is 6. The highest BCUT2D eigenvalue weighted by atomic mass is 16.6. The Morgan fingerprint density at radius 3 is 2.25 bits per heavy atom. The van der Waals surface area contributed by atoms with Crippen molar-refractivity contribution in [2.75, 3.05) is 46.6 Å². The van der Waals surface area contributed by atoms with Gasteiger partial charge >= 0.3 is 0 Å². The number of nitro groups is 1. The first-order chi connectivity index (χ1) is 9.74. The van der Waals surface area contributed by atoms with Gasteiger partial charge in [0.15, 0.2) is 0 Å². The van der Waals surface area contributed by atoms with Crippen molar-refractivity contribution in [2.45, 2.75) is 0 Å². The molecule has 0 radical (unpaired) electrons. The molecular weight excluding hydrogens is 264 g/mol. The summed E-state index contributed by atoms with van der Waals surface area (Å²) in [6, 6.07) is 5.95. The number of nitrogens with one attached hydrogen (secondary N) is 1. The predicted molar refractivity (Wildman–Crippen MR) is 74.2 cm³/mol. The molecule has 1 N–H and O–H groups in total. The highest BCUT2D eigenvalue weighted by Gasteiger charge is 2.03. The molecule has 0 spiro atoms. The van der Waals surface area contributed by atoms with Crippen molar-refractivity contribution in [3.05, 3.63) is 34.4 Å². The lowest BCUT2D eigenvalue weighted by Crippen LogP contribution is -2.17. The number of non-ortho nitro benzene ring substituents is 1. The molecule has 1 aromatic rings. The van der Waals surface area contributed by atoms with E-state index in [0.29, 0.717) is 38.8 Å². The van der Waals surface area contributed by atoms with Gasteiger partial charge in [0, 0.05) is 18.7 Å². The van der Waals surface area contributed by atoms with Crippen molar-refractivity contribution in [3.8, 4) is 5.75 Å². The monoisotopic (exact) mass is 284 g/mol. The van der Waals surface area contributed by atoms with Crippen LogP contribution >= 0.6 is 0 Å². The van der Waals surface area contributed by atoms with E-state index in [0.717, 1.165) is 6.54 Å². The molecule has 20 heavy (non-hydrogen) atoms. The summed E-state index contributed by atoms with van der Waals surface area (Å²) in [4.78, 5) is 10.0. The zero-order chi connectivity index (χ0) is 14.6. The number of benzene rings is 1. The molecule has 1 rings (SSSR count). The normalized spacial score (nSPS) is 10.4. The summed E-state index contributed by atoms with van der Waals surface area (Å²) in [5.74, 6) is 0.587. The van der Waals surface area contributed by atoms with Gasteiger partial charge in [-0.1, -0.05) is 0 Å². The molecule has 0 atom stereocenters. The molecule has 0 bridgehead atoms. The summed E-state index contributed by atoms with van der Waals surface area (Å²) in [7, 11) is 1.87. The van der Waals surface area contributed by atoms with Crippen LogP contribution in [0.3, 0.4) is 0 Å². The topological polar surface area (TPSA) is 82.9 Å². The van der Waals surface area contributed by atoms with E-state index in [2.05, 4.69) is 5.32 Å². The third-order valence-electron chi connectivity index (χ3n) is 2.41. The number of rotatable bonds is 11. The number of hydrogen-bond donors (Lipinski definition) is 1. The molecule has 0 heterocycles. The van der Waals surface area contributed by atoms with E-state index in [4.69, 9.17) is 14.2 Å². The van der Waals surface area contributed by atoms with E-state index in [1.807, 2.05) is 7.05 Å². The summed E-state index contributed by atoms with van der Waals surface area (Å²) in [6.07, 6.45) is 0. The Morgan fingerprint density at radius 1 is 1.05 bits per heavy atom. The summed E-state index contributed by atoms with van der Waals surface area (Å²) >= 11 is 0. The maximum atomic E-state index is 10.5. The first-order valence-corrected chi connectivity index (χ1v) is 6.41. The van der Waals surface area contributed by atoms with Crippen LogP contribution in [0, 0.1) is 10.1 Å². The minimum atomic E-state index is -0.443. The van der Waals surface area contributed by atoms with E-state index in [9.17, 15) is 10.1 Å². The Kier molecular flexibility index (Phi) is 8.28. The van der Waals surface area contributed by atoms with Crippen molar-refractivity contribution < 1.29 is 19.1 Å². The Bertz CT molecular complexity index is 383. The first-order valence-electron chi connectivity index (χ1n) is 6.41. The first kappa shape index (κ1) is 16.4. The fourth-order valence-corrected chi connectivity index (χ4v) is 1.38. The number of likely N-dealkylation sites (N-methyl/N-ethyl adjacent to an activating group) is 1. The van der Waals surface area contributed by atoms with Crippen molar-refractivity contribution in [2.24, 2.45) is 0 Å². The van der Waals surface area contributed by atoms with Gasteiger partial charge in [0.2, 0.25) is 0 Å². The average Bonchev–Trinajstić information content (AvgIpc) is 2.46. The number of ether oxygens (including phenoxy) is 3. The molecular formula is C13H20N2O5. The highest BCUT2D eigenvalue weighted by Crippen LogP contribution is 2.16. The van der Waals surface area contributed by atoms with Crippen molar-refractivity contribution >= 4 is 5.69 Å². The zero-order valence-electron chi connectivity index (χ0n) is 11.5. The molecule has 0 amide bonds. The second-order valence-electron chi connectivity index (χ2n) is 3.93. The number of nitrogens with zero attached hydrogens (tertiary/aromatic N) is 1. The third kappa shape index (κ3) is 7.03. The SMILES string of the molecule is CNCCOCCOCCOc1ccc([N+](=O)[O-])cc1. The Morgan fingerprint density at radius 2 is 1.65 bits per heavy atom. The number of nitro benzene ring substituents is 1. The van der Waals surface area contributed by atoms with Crippen LogP contribution in [0.2, 0.25) is 0 Å². The second kappa shape index (κ2) is 10.1. The summed E-state index contributed by atoms with van der Waals surface area (Å²) < 4.78 is 16.0. The van der Waals surface area contributed by atoms with Crippen LogP contribution in [-0.2, 0) is 9.47 Å². The van der Waals surface area contributed by atoms with Crippen LogP contribution in [0.4, 0.5) is 5.69 Å². The van der Waals surface area contributed by atoms with Gasteiger partial charge < -0.3 is 19.5 Å². The van der Waals surface area contributed by atoms with E-state index in [1.54, 1.807) is 12.1 Å². The van der Waals surface area contributed by atoms with Gasteiger partial charge in [-0.2, -0.15) is 0 Å². The van der Waals surface area contributed by atoms with Crippen molar-refractivity contribution in [3.63, 3.8) is 0 Å². The molecule has 0 saturated heterocycles. The summed E-state index contributed by atoms with van der Waals surface area (Å²) in [5, 5.41) is 13.4. The lowest BCUT2D eigenvalue weighted by Gasteiger charge is -2.07. The van der Waals surface area contributed by atoms with Crippen LogP contribution in [-0.4, -0.2) is 51.6 Å². The molecule has 7 heteroatoms. The standard InChI is InChI=1S/C13H20N2O5/c1-14-6-7-18-8-9-19-10-11-20-13-4-2-12(3-5-13)15(16)17/h2-5,14H,6-11H2,1H3. The maximum absolute atomic E-state index is 10.5. The molecule has 0 aliphatic rings. The van der Waals surface area contributed by atoms with Gasteiger partial charge in [0.1, 0.15) is 12.4 Å². The molecule has 0 aliphatic carbocycles. The minimum absolute atomic E-state index is 0.0484. The fraction of sp³-hybridized carbons (Fsp3) is 0.538. The summed E-state index contributed by atoms with van der Waals surface area (Å²) in [5.41, 5.74) is 0.0484. The molecule has 0 saturated carbocycles. The molecule has 112 valence electrons. The molecule has 0 aliphatic heterocycles. The third-order valence-corrected chi connectivity index (χ3v) is 2.41. The van der Waals surface area contributed by atoms with Crippen LogP contribution in [0.5, 0.6) is 5.75 Å². The molecule has 0 aromatic heterocycles. The second-order valence-corrected chi connectivity index (χ2v) is 3.93. The average molecular weight is 284 g/mol. The van der Waals surface area contributed by atoms with Gasteiger partial charge in [0.05, 0.1) is 31.4 Å². The Hall–Kier alpha value is -1.70. The minimum Gasteiger partial charge on any atom is -0.491 e.